The Labute approximate surface area is 132 Å². The van der Waals surface area contributed by atoms with E-state index < -0.39 is 0 Å². The van der Waals surface area contributed by atoms with Crippen LogP contribution < -0.4 is 5.32 Å². The zero-order chi connectivity index (χ0) is 15.2. The van der Waals surface area contributed by atoms with E-state index in [-0.39, 0.29) is 17.9 Å². The predicted octanol–water partition coefficient (Wildman–Crippen LogP) is 2.43. The predicted molar refractivity (Wildman–Crippen MR) is 87.3 cm³/mol. The van der Waals surface area contributed by atoms with E-state index >= 15 is 0 Å². The molecule has 120 valence electrons. The SMILES string of the molecule is CSC(C)CCN1CCC(=O)NC(C2CCCCC2)C1=O. The Morgan fingerprint density at radius 1 is 1.29 bits per heavy atom. The topological polar surface area (TPSA) is 49.4 Å². The summed E-state index contributed by atoms with van der Waals surface area (Å²) in [6, 6.07) is -0.273. The van der Waals surface area contributed by atoms with Crippen LogP contribution >= 0.6 is 11.8 Å². The molecule has 1 N–H and O–H groups in total. The van der Waals surface area contributed by atoms with Gasteiger partial charge in [0, 0.05) is 24.8 Å². The van der Waals surface area contributed by atoms with Crippen LogP contribution in [-0.4, -0.2) is 47.4 Å². The van der Waals surface area contributed by atoms with Gasteiger partial charge in [0.15, 0.2) is 0 Å². The standard InChI is InChI=1S/C16H28N2O2S/c1-12(21-2)8-10-18-11-9-14(19)17-15(16(18)20)13-6-4-3-5-7-13/h12-13,15H,3-11H2,1-2H3,(H,17,19). The Morgan fingerprint density at radius 2 is 2.00 bits per heavy atom. The van der Waals surface area contributed by atoms with E-state index in [0.29, 0.717) is 24.1 Å². The van der Waals surface area contributed by atoms with Crippen molar-refractivity contribution < 1.29 is 9.59 Å². The van der Waals surface area contributed by atoms with E-state index in [2.05, 4.69) is 18.5 Å². The van der Waals surface area contributed by atoms with Crippen LogP contribution in [0.2, 0.25) is 0 Å². The minimum atomic E-state index is -0.273. The number of carbonyl (C=O) groups is 2. The lowest BCUT2D eigenvalue weighted by Crippen LogP contribution is -2.49. The van der Waals surface area contributed by atoms with Crippen molar-refractivity contribution in [2.45, 2.75) is 63.2 Å². The van der Waals surface area contributed by atoms with Gasteiger partial charge in [0.05, 0.1) is 0 Å². The van der Waals surface area contributed by atoms with Gasteiger partial charge in [-0.1, -0.05) is 26.2 Å². The van der Waals surface area contributed by atoms with Crippen molar-refractivity contribution in [2.24, 2.45) is 5.92 Å². The fraction of sp³-hybridized carbons (Fsp3) is 0.875. The van der Waals surface area contributed by atoms with Crippen LogP contribution in [-0.2, 0) is 9.59 Å². The molecule has 2 amide bonds. The summed E-state index contributed by atoms with van der Waals surface area (Å²) in [6.07, 6.45) is 9.34. The Kier molecular flexibility index (Phi) is 6.40. The van der Waals surface area contributed by atoms with Crippen molar-refractivity contribution in [3.63, 3.8) is 0 Å². The van der Waals surface area contributed by atoms with Gasteiger partial charge in [-0.05, 0) is 31.4 Å². The Hall–Kier alpha value is -0.710. The van der Waals surface area contributed by atoms with E-state index in [4.69, 9.17) is 0 Å². The van der Waals surface area contributed by atoms with Crippen molar-refractivity contribution in [1.82, 2.24) is 10.2 Å². The normalized spacial score (nSPS) is 26.4. The van der Waals surface area contributed by atoms with Gasteiger partial charge in [-0.3, -0.25) is 9.59 Å². The van der Waals surface area contributed by atoms with Crippen molar-refractivity contribution >= 4 is 23.6 Å². The highest BCUT2D eigenvalue weighted by molar-refractivity contribution is 7.99. The molecule has 2 aliphatic rings. The molecule has 5 heteroatoms. The van der Waals surface area contributed by atoms with Crippen molar-refractivity contribution in [3.8, 4) is 0 Å². The highest BCUT2D eigenvalue weighted by atomic mass is 32.2. The van der Waals surface area contributed by atoms with Crippen LogP contribution in [0, 0.1) is 5.92 Å². The molecule has 1 saturated heterocycles. The third-order valence-corrected chi connectivity index (χ3v) is 5.87. The molecule has 0 radical (unpaired) electrons. The molecule has 0 spiro atoms. The zero-order valence-corrected chi connectivity index (χ0v) is 14.1. The number of nitrogens with zero attached hydrogens (tertiary/aromatic N) is 1. The Balaban J connectivity index is 2.01. The molecule has 2 unspecified atom stereocenters. The van der Waals surface area contributed by atoms with Gasteiger partial charge in [-0.15, -0.1) is 0 Å². The maximum Gasteiger partial charge on any atom is 0.245 e. The van der Waals surface area contributed by atoms with Crippen molar-refractivity contribution in [2.75, 3.05) is 19.3 Å². The molecule has 1 aliphatic heterocycles. The molecule has 1 saturated carbocycles. The van der Waals surface area contributed by atoms with E-state index in [1.54, 1.807) is 0 Å². The molecule has 0 aromatic heterocycles. The van der Waals surface area contributed by atoms with Crippen LogP contribution in [0.15, 0.2) is 0 Å². The summed E-state index contributed by atoms with van der Waals surface area (Å²) in [5, 5.41) is 3.55. The fourth-order valence-corrected chi connectivity index (χ4v) is 3.66. The third kappa shape index (κ3) is 4.63. The average molecular weight is 312 g/mol. The highest BCUT2D eigenvalue weighted by Gasteiger charge is 2.35. The summed E-state index contributed by atoms with van der Waals surface area (Å²) in [6.45, 7) is 3.54. The number of hydrogen-bond donors (Lipinski definition) is 1. The largest absolute Gasteiger partial charge is 0.344 e. The van der Waals surface area contributed by atoms with Crippen molar-refractivity contribution in [3.05, 3.63) is 0 Å². The summed E-state index contributed by atoms with van der Waals surface area (Å²) in [5.74, 6) is 0.536. The summed E-state index contributed by atoms with van der Waals surface area (Å²) < 4.78 is 0. The van der Waals surface area contributed by atoms with Crippen LogP contribution in [0.25, 0.3) is 0 Å². The summed E-state index contributed by atoms with van der Waals surface area (Å²) in [7, 11) is 0. The van der Waals surface area contributed by atoms with E-state index in [9.17, 15) is 9.59 Å². The minimum Gasteiger partial charge on any atom is -0.344 e. The average Bonchev–Trinajstić information content (AvgIpc) is 2.65. The van der Waals surface area contributed by atoms with E-state index in [1.165, 1.54) is 19.3 Å². The Bertz CT molecular complexity index is 369. The molecule has 1 aliphatic carbocycles. The van der Waals surface area contributed by atoms with Crippen LogP contribution in [0.1, 0.15) is 51.9 Å². The first kappa shape index (κ1) is 16.7. The summed E-state index contributed by atoms with van der Waals surface area (Å²) >= 11 is 1.83. The van der Waals surface area contributed by atoms with Gasteiger partial charge < -0.3 is 10.2 Å². The Morgan fingerprint density at radius 3 is 2.67 bits per heavy atom. The number of rotatable bonds is 5. The molecule has 4 nitrogen and oxygen atoms in total. The summed E-state index contributed by atoms with van der Waals surface area (Å²) in [4.78, 5) is 26.6. The van der Waals surface area contributed by atoms with Gasteiger partial charge in [0.1, 0.15) is 6.04 Å². The lowest BCUT2D eigenvalue weighted by atomic mass is 9.83. The molecule has 0 aromatic rings. The van der Waals surface area contributed by atoms with Gasteiger partial charge in [0.25, 0.3) is 0 Å². The first-order valence-corrected chi connectivity index (χ1v) is 9.51. The second-order valence-electron chi connectivity index (χ2n) is 6.35. The molecule has 0 aromatic carbocycles. The molecule has 0 bridgehead atoms. The molecule has 1 heterocycles. The first-order valence-electron chi connectivity index (χ1n) is 8.22. The molecule has 2 fully saturated rings. The highest BCUT2D eigenvalue weighted by Crippen LogP contribution is 2.28. The lowest BCUT2D eigenvalue weighted by Gasteiger charge is -2.32. The smallest absolute Gasteiger partial charge is 0.245 e. The quantitative estimate of drug-likeness (QED) is 0.848. The lowest BCUT2D eigenvalue weighted by molar-refractivity contribution is -0.135. The number of hydrogen-bond acceptors (Lipinski definition) is 3. The minimum absolute atomic E-state index is 0.0411. The van der Waals surface area contributed by atoms with E-state index in [1.807, 2.05) is 16.7 Å². The number of carbonyl (C=O) groups excluding carboxylic acids is 2. The van der Waals surface area contributed by atoms with Gasteiger partial charge in [-0.25, -0.2) is 0 Å². The first-order chi connectivity index (χ1) is 10.1. The zero-order valence-electron chi connectivity index (χ0n) is 13.3. The van der Waals surface area contributed by atoms with Gasteiger partial charge in [-0.2, -0.15) is 11.8 Å². The third-order valence-electron chi connectivity index (χ3n) is 4.83. The van der Waals surface area contributed by atoms with Gasteiger partial charge in [0.2, 0.25) is 11.8 Å². The maximum absolute atomic E-state index is 12.8. The van der Waals surface area contributed by atoms with Gasteiger partial charge >= 0.3 is 0 Å². The van der Waals surface area contributed by atoms with Crippen LogP contribution in [0.3, 0.4) is 0 Å². The number of thioether (sulfide) groups is 1. The van der Waals surface area contributed by atoms with Crippen LogP contribution in [0.4, 0.5) is 0 Å². The van der Waals surface area contributed by atoms with Crippen LogP contribution in [0.5, 0.6) is 0 Å². The molecule has 2 atom stereocenters. The fourth-order valence-electron chi connectivity index (χ4n) is 3.32. The molecule has 2 rings (SSSR count). The molecular formula is C16H28N2O2S. The molecular weight excluding hydrogens is 284 g/mol. The second kappa shape index (κ2) is 8.06. The monoisotopic (exact) mass is 312 g/mol. The second-order valence-corrected chi connectivity index (χ2v) is 7.63. The number of nitrogens with one attached hydrogen (secondary N) is 1. The molecule has 21 heavy (non-hydrogen) atoms. The van der Waals surface area contributed by atoms with Crippen molar-refractivity contribution in [1.29, 1.82) is 0 Å². The van der Waals surface area contributed by atoms with E-state index in [0.717, 1.165) is 25.8 Å². The number of amides is 2. The summed E-state index contributed by atoms with van der Waals surface area (Å²) in [5.41, 5.74) is 0. The maximum atomic E-state index is 12.8.